The molecule has 1 aromatic rings. The SMILES string of the molecule is CN(CCCOc1ccccc1)C(=O)C(F)(F)C(F)(F)F. The molecule has 0 bridgehead atoms. The van der Waals surface area contributed by atoms with Crippen molar-refractivity contribution in [3.05, 3.63) is 30.3 Å². The minimum Gasteiger partial charge on any atom is -0.494 e. The van der Waals surface area contributed by atoms with Gasteiger partial charge in [-0.15, -0.1) is 0 Å². The van der Waals surface area contributed by atoms with Gasteiger partial charge in [-0.1, -0.05) is 18.2 Å². The van der Waals surface area contributed by atoms with Gasteiger partial charge in [0.25, 0.3) is 0 Å². The maximum absolute atomic E-state index is 12.8. The maximum Gasteiger partial charge on any atom is 0.463 e. The summed E-state index contributed by atoms with van der Waals surface area (Å²) in [5, 5.41) is 0. The normalized spacial score (nSPS) is 12.1. The minimum atomic E-state index is -5.89. The molecule has 0 unspecified atom stereocenters. The Balaban J connectivity index is 2.40. The van der Waals surface area contributed by atoms with Crippen molar-refractivity contribution in [2.75, 3.05) is 20.2 Å². The fraction of sp³-hybridized carbons (Fsp3) is 0.462. The molecular weight excluding hydrogens is 297 g/mol. The Morgan fingerprint density at radius 2 is 1.71 bits per heavy atom. The second-order valence-corrected chi connectivity index (χ2v) is 4.31. The molecule has 1 amide bonds. The van der Waals surface area contributed by atoms with Crippen LogP contribution in [-0.4, -0.2) is 43.1 Å². The fourth-order valence-corrected chi connectivity index (χ4v) is 1.47. The highest BCUT2D eigenvalue weighted by Gasteiger charge is 2.64. The lowest BCUT2D eigenvalue weighted by Crippen LogP contribution is -2.51. The predicted molar refractivity (Wildman–Crippen MR) is 65.2 cm³/mol. The summed E-state index contributed by atoms with van der Waals surface area (Å²) in [4.78, 5) is 11.4. The fourth-order valence-electron chi connectivity index (χ4n) is 1.47. The van der Waals surface area contributed by atoms with Crippen LogP contribution in [0.1, 0.15) is 6.42 Å². The molecule has 0 atom stereocenters. The van der Waals surface area contributed by atoms with E-state index in [1.165, 1.54) is 0 Å². The molecule has 8 heteroatoms. The van der Waals surface area contributed by atoms with Crippen LogP contribution in [0.2, 0.25) is 0 Å². The van der Waals surface area contributed by atoms with Crippen LogP contribution >= 0.6 is 0 Å². The van der Waals surface area contributed by atoms with Crippen molar-refractivity contribution in [1.29, 1.82) is 0 Å². The van der Waals surface area contributed by atoms with E-state index in [1.54, 1.807) is 30.3 Å². The van der Waals surface area contributed by atoms with Gasteiger partial charge in [0, 0.05) is 13.6 Å². The van der Waals surface area contributed by atoms with Crippen LogP contribution in [0, 0.1) is 0 Å². The van der Waals surface area contributed by atoms with Crippen LogP contribution in [0.3, 0.4) is 0 Å². The van der Waals surface area contributed by atoms with E-state index < -0.39 is 18.0 Å². The van der Waals surface area contributed by atoms with Crippen LogP contribution < -0.4 is 4.74 Å². The monoisotopic (exact) mass is 311 g/mol. The number of rotatable bonds is 6. The summed E-state index contributed by atoms with van der Waals surface area (Å²) in [6.45, 7) is -0.170. The molecular formula is C13H14F5NO2. The van der Waals surface area contributed by atoms with Crippen LogP contribution in [-0.2, 0) is 4.79 Å². The number of ether oxygens (including phenoxy) is 1. The number of carbonyl (C=O) groups is 1. The van der Waals surface area contributed by atoms with E-state index in [9.17, 15) is 26.7 Å². The van der Waals surface area contributed by atoms with E-state index in [2.05, 4.69) is 0 Å². The second-order valence-electron chi connectivity index (χ2n) is 4.31. The van der Waals surface area contributed by atoms with Crippen molar-refractivity contribution >= 4 is 5.91 Å². The third-order valence-corrected chi connectivity index (χ3v) is 2.62. The molecule has 0 heterocycles. The van der Waals surface area contributed by atoms with E-state index in [-0.39, 0.29) is 19.6 Å². The Bertz CT molecular complexity index is 461. The lowest BCUT2D eigenvalue weighted by Gasteiger charge is -2.24. The summed E-state index contributed by atoms with van der Waals surface area (Å²) in [5.74, 6) is -7.09. The Hall–Kier alpha value is -1.86. The van der Waals surface area contributed by atoms with Crippen LogP contribution in [0.15, 0.2) is 30.3 Å². The summed E-state index contributed by atoms with van der Waals surface area (Å²) in [7, 11) is 0.893. The van der Waals surface area contributed by atoms with Crippen molar-refractivity contribution in [1.82, 2.24) is 4.90 Å². The average molecular weight is 311 g/mol. The summed E-state index contributed by atoms with van der Waals surface area (Å²) in [6, 6.07) is 8.58. The third kappa shape index (κ3) is 4.57. The van der Waals surface area contributed by atoms with Gasteiger partial charge in [-0.05, 0) is 18.6 Å². The molecule has 0 fully saturated rings. The van der Waals surface area contributed by atoms with Gasteiger partial charge < -0.3 is 9.64 Å². The van der Waals surface area contributed by atoms with Gasteiger partial charge in [0.15, 0.2) is 0 Å². The lowest BCUT2D eigenvalue weighted by molar-refractivity contribution is -0.274. The number of amides is 1. The van der Waals surface area contributed by atoms with Gasteiger partial charge in [0.05, 0.1) is 6.61 Å². The van der Waals surface area contributed by atoms with Gasteiger partial charge in [-0.25, -0.2) is 0 Å². The average Bonchev–Trinajstić information content (AvgIpc) is 2.42. The number of carbonyl (C=O) groups excluding carboxylic acids is 1. The largest absolute Gasteiger partial charge is 0.494 e. The van der Waals surface area contributed by atoms with E-state index >= 15 is 0 Å². The summed E-state index contributed by atoms with van der Waals surface area (Å²) < 4.78 is 66.9. The van der Waals surface area contributed by atoms with Gasteiger partial charge in [-0.2, -0.15) is 22.0 Å². The van der Waals surface area contributed by atoms with Crippen molar-refractivity contribution in [2.24, 2.45) is 0 Å². The van der Waals surface area contributed by atoms with E-state index in [4.69, 9.17) is 4.74 Å². The van der Waals surface area contributed by atoms with Gasteiger partial charge in [0.2, 0.25) is 0 Å². The highest BCUT2D eigenvalue weighted by molar-refractivity contribution is 5.84. The molecule has 3 nitrogen and oxygen atoms in total. The first-order valence-corrected chi connectivity index (χ1v) is 6.04. The van der Waals surface area contributed by atoms with Crippen LogP contribution in [0.4, 0.5) is 22.0 Å². The number of halogens is 5. The molecule has 0 aliphatic carbocycles. The quantitative estimate of drug-likeness (QED) is 0.597. The Morgan fingerprint density at radius 1 is 1.14 bits per heavy atom. The lowest BCUT2D eigenvalue weighted by atomic mass is 10.2. The Morgan fingerprint density at radius 3 is 2.24 bits per heavy atom. The van der Waals surface area contributed by atoms with E-state index in [0.717, 1.165) is 7.05 Å². The Labute approximate surface area is 118 Å². The summed E-state index contributed by atoms with van der Waals surface area (Å²) >= 11 is 0. The van der Waals surface area contributed by atoms with Gasteiger partial charge in [0.1, 0.15) is 5.75 Å². The zero-order valence-corrected chi connectivity index (χ0v) is 11.2. The number of hydrogen-bond acceptors (Lipinski definition) is 2. The highest BCUT2D eigenvalue weighted by atomic mass is 19.4. The number of hydrogen-bond donors (Lipinski definition) is 0. The molecule has 118 valence electrons. The molecule has 0 N–H and O–H groups in total. The maximum atomic E-state index is 12.8. The summed E-state index contributed by atoms with van der Waals surface area (Å²) in [6.07, 6.45) is -5.76. The number of para-hydroxylation sites is 1. The molecule has 0 spiro atoms. The van der Waals surface area contributed by atoms with E-state index in [0.29, 0.717) is 10.6 Å². The molecule has 0 saturated heterocycles. The molecule has 0 aliphatic rings. The second kappa shape index (κ2) is 6.73. The minimum absolute atomic E-state index is 0.0965. The first-order chi connectivity index (χ1) is 9.66. The molecule has 1 rings (SSSR count). The number of benzene rings is 1. The smallest absolute Gasteiger partial charge is 0.463 e. The molecule has 21 heavy (non-hydrogen) atoms. The van der Waals surface area contributed by atoms with Crippen molar-refractivity contribution in [3.8, 4) is 5.75 Å². The molecule has 0 aliphatic heterocycles. The summed E-state index contributed by atoms with van der Waals surface area (Å²) in [5.41, 5.74) is 0. The molecule has 1 aromatic carbocycles. The standard InChI is InChI=1S/C13H14F5NO2/c1-19(11(20)12(14,15)13(16,17)18)8-5-9-21-10-6-3-2-4-7-10/h2-4,6-7H,5,8-9H2,1H3. The van der Waals surface area contributed by atoms with Crippen LogP contribution in [0.25, 0.3) is 0 Å². The van der Waals surface area contributed by atoms with Crippen molar-refractivity contribution in [3.63, 3.8) is 0 Å². The first kappa shape index (κ1) is 17.2. The van der Waals surface area contributed by atoms with Crippen molar-refractivity contribution in [2.45, 2.75) is 18.5 Å². The third-order valence-electron chi connectivity index (χ3n) is 2.62. The first-order valence-electron chi connectivity index (χ1n) is 6.04. The van der Waals surface area contributed by atoms with E-state index in [1.807, 2.05) is 0 Å². The molecule has 0 aromatic heterocycles. The van der Waals surface area contributed by atoms with Crippen molar-refractivity contribution < 1.29 is 31.5 Å². The zero-order chi connectivity index (χ0) is 16.1. The van der Waals surface area contributed by atoms with Gasteiger partial charge >= 0.3 is 18.0 Å². The zero-order valence-electron chi connectivity index (χ0n) is 11.2. The Kier molecular flexibility index (Phi) is 5.51. The van der Waals surface area contributed by atoms with Gasteiger partial charge in [-0.3, -0.25) is 4.79 Å². The van der Waals surface area contributed by atoms with Crippen LogP contribution in [0.5, 0.6) is 5.75 Å². The highest BCUT2D eigenvalue weighted by Crippen LogP contribution is 2.36. The number of nitrogens with zero attached hydrogens (tertiary/aromatic N) is 1. The topological polar surface area (TPSA) is 29.5 Å². The predicted octanol–water partition coefficient (Wildman–Crippen LogP) is 3.11. The molecule has 0 radical (unpaired) electrons. The molecule has 0 saturated carbocycles. The number of alkyl halides is 5.